The van der Waals surface area contributed by atoms with E-state index in [-0.39, 0.29) is 5.88 Å². The Morgan fingerprint density at radius 1 is 1.17 bits per heavy atom. The lowest BCUT2D eigenvalue weighted by Gasteiger charge is -1.97. The van der Waals surface area contributed by atoms with Crippen LogP contribution in [0, 0.1) is 18.3 Å². The Labute approximate surface area is 105 Å². The highest BCUT2D eigenvalue weighted by molar-refractivity contribution is 5.67. The number of aromatic nitrogens is 2. The van der Waals surface area contributed by atoms with Gasteiger partial charge in [-0.2, -0.15) is 10.2 Å². The average molecular weight is 237 g/mol. The van der Waals surface area contributed by atoms with Gasteiger partial charge in [0.2, 0.25) is 5.88 Å². The van der Waals surface area contributed by atoms with Gasteiger partial charge >= 0.3 is 0 Å². The van der Waals surface area contributed by atoms with Crippen LogP contribution in [0.1, 0.15) is 22.6 Å². The van der Waals surface area contributed by atoms with Crippen LogP contribution in [0.5, 0.6) is 5.88 Å². The molecule has 0 saturated carbocycles. The molecule has 88 valence electrons. The van der Waals surface area contributed by atoms with Gasteiger partial charge in [-0.15, -0.1) is 0 Å². The molecular weight excluding hydrogens is 226 g/mol. The van der Waals surface area contributed by atoms with Gasteiger partial charge < -0.3 is 5.11 Å². The van der Waals surface area contributed by atoms with Crippen molar-refractivity contribution in [1.29, 1.82) is 5.26 Å². The largest absolute Gasteiger partial charge is 0.493 e. The Bertz CT molecular complexity index is 604. The molecule has 1 N–H and O–H groups in total. The van der Waals surface area contributed by atoms with Crippen LogP contribution >= 0.6 is 0 Å². The van der Waals surface area contributed by atoms with Crippen molar-refractivity contribution < 1.29 is 5.11 Å². The first-order valence-electron chi connectivity index (χ1n) is 5.40. The SMILES string of the molecule is Cc1cc(O)nc(/C=C/c2ccc(C#N)cc2)n1. The highest BCUT2D eigenvalue weighted by atomic mass is 16.3. The Morgan fingerprint density at radius 2 is 1.89 bits per heavy atom. The van der Waals surface area contributed by atoms with E-state index in [1.807, 2.05) is 18.2 Å². The van der Waals surface area contributed by atoms with Gasteiger partial charge in [-0.1, -0.05) is 18.2 Å². The first-order valence-corrected chi connectivity index (χ1v) is 5.40. The monoisotopic (exact) mass is 237 g/mol. The maximum atomic E-state index is 9.34. The summed E-state index contributed by atoms with van der Waals surface area (Å²) in [4.78, 5) is 8.06. The quantitative estimate of drug-likeness (QED) is 0.871. The van der Waals surface area contributed by atoms with Gasteiger partial charge in [0, 0.05) is 11.8 Å². The number of hydrogen-bond acceptors (Lipinski definition) is 4. The van der Waals surface area contributed by atoms with E-state index in [4.69, 9.17) is 5.26 Å². The zero-order valence-electron chi connectivity index (χ0n) is 9.83. The minimum absolute atomic E-state index is 0.0398. The fourth-order valence-electron chi connectivity index (χ4n) is 1.49. The molecule has 4 nitrogen and oxygen atoms in total. The van der Waals surface area contributed by atoms with E-state index < -0.39 is 0 Å². The van der Waals surface area contributed by atoms with E-state index in [1.54, 1.807) is 25.1 Å². The third kappa shape index (κ3) is 2.92. The molecule has 0 fully saturated rings. The zero-order chi connectivity index (χ0) is 13.0. The summed E-state index contributed by atoms with van der Waals surface area (Å²) < 4.78 is 0. The minimum atomic E-state index is -0.0398. The zero-order valence-corrected chi connectivity index (χ0v) is 9.83. The summed E-state index contributed by atoms with van der Waals surface area (Å²) >= 11 is 0. The van der Waals surface area contributed by atoms with Gasteiger partial charge in [0.25, 0.3) is 0 Å². The average Bonchev–Trinajstić information content (AvgIpc) is 2.36. The first kappa shape index (κ1) is 11.8. The predicted molar refractivity (Wildman–Crippen MR) is 68.5 cm³/mol. The maximum absolute atomic E-state index is 9.34. The predicted octanol–water partition coefficient (Wildman–Crippen LogP) is 2.53. The lowest BCUT2D eigenvalue weighted by molar-refractivity contribution is 0.450. The van der Waals surface area contributed by atoms with Crippen molar-refractivity contribution in [2.45, 2.75) is 6.92 Å². The molecule has 0 amide bonds. The molecule has 0 saturated heterocycles. The summed E-state index contributed by atoms with van der Waals surface area (Å²) in [5.74, 6) is 0.416. The molecule has 1 heterocycles. The third-order valence-corrected chi connectivity index (χ3v) is 2.32. The lowest BCUT2D eigenvalue weighted by atomic mass is 10.1. The second-order valence-corrected chi connectivity index (χ2v) is 3.79. The van der Waals surface area contributed by atoms with E-state index in [9.17, 15) is 5.11 Å². The van der Waals surface area contributed by atoms with Crippen molar-refractivity contribution in [1.82, 2.24) is 9.97 Å². The van der Waals surface area contributed by atoms with Gasteiger partial charge in [0.05, 0.1) is 11.6 Å². The molecule has 0 atom stereocenters. The molecule has 18 heavy (non-hydrogen) atoms. The van der Waals surface area contributed by atoms with E-state index in [1.165, 1.54) is 6.07 Å². The van der Waals surface area contributed by atoms with Gasteiger partial charge in [0.1, 0.15) is 0 Å². The molecule has 0 unspecified atom stereocenters. The Kier molecular flexibility index (Phi) is 3.35. The minimum Gasteiger partial charge on any atom is -0.493 e. The van der Waals surface area contributed by atoms with Crippen molar-refractivity contribution in [2.24, 2.45) is 0 Å². The maximum Gasteiger partial charge on any atom is 0.214 e. The molecule has 0 spiro atoms. The molecule has 0 bridgehead atoms. The number of aromatic hydroxyl groups is 1. The number of benzene rings is 1. The standard InChI is InChI=1S/C14H11N3O/c1-10-8-14(18)17-13(16-10)7-6-11-2-4-12(9-15)5-3-11/h2-8H,1H3,(H,16,17,18)/b7-6+. The topological polar surface area (TPSA) is 69.8 Å². The van der Waals surface area contributed by atoms with Crippen LogP contribution in [-0.4, -0.2) is 15.1 Å². The number of nitriles is 1. The van der Waals surface area contributed by atoms with Crippen molar-refractivity contribution in [3.8, 4) is 11.9 Å². The highest BCUT2D eigenvalue weighted by Gasteiger charge is 1.97. The molecule has 2 rings (SSSR count). The lowest BCUT2D eigenvalue weighted by Crippen LogP contribution is -1.89. The van der Waals surface area contributed by atoms with Gasteiger partial charge in [0.15, 0.2) is 5.82 Å². The fourth-order valence-corrected chi connectivity index (χ4v) is 1.49. The van der Waals surface area contributed by atoms with Crippen LogP contribution in [-0.2, 0) is 0 Å². The highest BCUT2D eigenvalue weighted by Crippen LogP contribution is 2.10. The summed E-state index contributed by atoms with van der Waals surface area (Å²) in [7, 11) is 0. The fraction of sp³-hybridized carbons (Fsp3) is 0.0714. The number of rotatable bonds is 2. The van der Waals surface area contributed by atoms with Gasteiger partial charge in [-0.05, 0) is 30.7 Å². The van der Waals surface area contributed by atoms with Crippen molar-refractivity contribution >= 4 is 12.2 Å². The summed E-state index contributed by atoms with van der Waals surface area (Å²) in [6.07, 6.45) is 3.55. The molecule has 1 aromatic carbocycles. The van der Waals surface area contributed by atoms with Gasteiger partial charge in [-0.3, -0.25) is 0 Å². The summed E-state index contributed by atoms with van der Waals surface area (Å²) in [6.45, 7) is 1.79. The first-order chi connectivity index (χ1) is 8.67. The second kappa shape index (κ2) is 5.11. The Morgan fingerprint density at radius 3 is 2.50 bits per heavy atom. The Balaban J connectivity index is 2.21. The van der Waals surface area contributed by atoms with Crippen LogP contribution in [0.4, 0.5) is 0 Å². The van der Waals surface area contributed by atoms with Crippen molar-refractivity contribution in [3.05, 3.63) is 53.0 Å². The molecule has 0 radical (unpaired) electrons. The summed E-state index contributed by atoms with van der Waals surface area (Å²) in [5.41, 5.74) is 2.28. The van der Waals surface area contributed by atoms with Crippen LogP contribution in [0.15, 0.2) is 30.3 Å². The van der Waals surface area contributed by atoms with E-state index >= 15 is 0 Å². The smallest absolute Gasteiger partial charge is 0.214 e. The van der Waals surface area contributed by atoms with Crippen molar-refractivity contribution in [2.75, 3.05) is 0 Å². The molecule has 0 aliphatic heterocycles. The summed E-state index contributed by atoms with van der Waals surface area (Å²) in [5, 5.41) is 18.0. The molecule has 0 aliphatic carbocycles. The molecular formula is C14H11N3O. The van der Waals surface area contributed by atoms with Crippen LogP contribution in [0.3, 0.4) is 0 Å². The van der Waals surface area contributed by atoms with Crippen LogP contribution < -0.4 is 0 Å². The van der Waals surface area contributed by atoms with Crippen molar-refractivity contribution in [3.63, 3.8) is 0 Å². The number of aryl methyl sites for hydroxylation is 1. The number of hydrogen-bond donors (Lipinski definition) is 1. The number of nitrogens with zero attached hydrogens (tertiary/aromatic N) is 3. The van der Waals surface area contributed by atoms with E-state index in [0.717, 1.165) is 5.56 Å². The van der Waals surface area contributed by atoms with Crippen LogP contribution in [0.2, 0.25) is 0 Å². The third-order valence-electron chi connectivity index (χ3n) is 2.32. The molecule has 1 aromatic heterocycles. The summed E-state index contributed by atoms with van der Waals surface area (Å²) in [6, 6.07) is 10.7. The van der Waals surface area contributed by atoms with E-state index in [0.29, 0.717) is 17.1 Å². The Hall–Kier alpha value is -2.67. The van der Waals surface area contributed by atoms with Gasteiger partial charge in [-0.25, -0.2) is 4.98 Å². The molecule has 4 heteroatoms. The second-order valence-electron chi connectivity index (χ2n) is 3.79. The normalized spacial score (nSPS) is 10.4. The van der Waals surface area contributed by atoms with Crippen LogP contribution in [0.25, 0.3) is 12.2 Å². The van der Waals surface area contributed by atoms with E-state index in [2.05, 4.69) is 16.0 Å². The molecule has 2 aromatic rings. The molecule has 0 aliphatic rings.